The Balaban J connectivity index is 0.00000441. The first-order valence-electron chi connectivity index (χ1n) is 8.54. The zero-order valence-electron chi connectivity index (χ0n) is 14.8. The highest BCUT2D eigenvalue weighted by Crippen LogP contribution is 2.21. The second-order valence-corrected chi connectivity index (χ2v) is 6.96. The van der Waals surface area contributed by atoms with Gasteiger partial charge in [0, 0.05) is 5.56 Å². The molecule has 0 heterocycles. The SMILES string of the molecule is CCCCCCCC[N+](C)(C)Cc1ccccc1C(C)O.[Cl-]. The molecule has 3 heteroatoms. The Hall–Kier alpha value is -0.570. The van der Waals surface area contributed by atoms with Gasteiger partial charge < -0.3 is 22.0 Å². The van der Waals surface area contributed by atoms with Crippen LogP contribution >= 0.6 is 0 Å². The van der Waals surface area contributed by atoms with E-state index in [-0.39, 0.29) is 18.5 Å². The monoisotopic (exact) mass is 327 g/mol. The van der Waals surface area contributed by atoms with Crippen LogP contribution in [0.4, 0.5) is 0 Å². The smallest absolute Gasteiger partial charge is 0.104 e. The fourth-order valence-corrected chi connectivity index (χ4v) is 2.95. The predicted molar refractivity (Wildman–Crippen MR) is 91.1 cm³/mol. The number of hydrogen-bond acceptors (Lipinski definition) is 1. The van der Waals surface area contributed by atoms with Crippen molar-refractivity contribution >= 4 is 0 Å². The lowest BCUT2D eigenvalue weighted by atomic mass is 10.0. The number of aliphatic hydroxyl groups excluding tert-OH is 1. The zero-order valence-corrected chi connectivity index (χ0v) is 15.6. The highest BCUT2D eigenvalue weighted by molar-refractivity contribution is 5.28. The normalized spacial score (nSPS) is 12.8. The molecule has 1 rings (SSSR count). The quantitative estimate of drug-likeness (QED) is 0.512. The summed E-state index contributed by atoms with van der Waals surface area (Å²) in [5, 5.41) is 9.89. The Labute approximate surface area is 143 Å². The van der Waals surface area contributed by atoms with E-state index in [1.54, 1.807) is 0 Å². The topological polar surface area (TPSA) is 20.2 Å². The molecule has 1 atom stereocenters. The van der Waals surface area contributed by atoms with E-state index in [9.17, 15) is 5.11 Å². The molecule has 0 aliphatic rings. The van der Waals surface area contributed by atoms with Crippen molar-refractivity contribution in [3.8, 4) is 0 Å². The maximum atomic E-state index is 9.89. The standard InChI is InChI=1S/C19H34NO.ClH/c1-5-6-7-8-9-12-15-20(3,4)16-18-13-10-11-14-19(18)17(2)21;/h10-11,13-14,17,21H,5-9,12,15-16H2,1-4H3;1H/q+1;/p-1. The van der Waals surface area contributed by atoms with Crippen LogP contribution in [0.25, 0.3) is 0 Å². The van der Waals surface area contributed by atoms with Crippen molar-refractivity contribution < 1.29 is 22.0 Å². The van der Waals surface area contributed by atoms with Crippen LogP contribution in [0.15, 0.2) is 24.3 Å². The first kappa shape index (κ1) is 21.4. The number of rotatable bonds is 10. The molecule has 0 saturated carbocycles. The van der Waals surface area contributed by atoms with Crippen LogP contribution in [0.5, 0.6) is 0 Å². The highest BCUT2D eigenvalue weighted by atomic mass is 35.5. The van der Waals surface area contributed by atoms with E-state index in [0.717, 1.165) is 16.6 Å². The van der Waals surface area contributed by atoms with Crippen molar-refractivity contribution in [1.29, 1.82) is 0 Å². The van der Waals surface area contributed by atoms with Crippen LogP contribution in [0.3, 0.4) is 0 Å². The molecule has 2 nitrogen and oxygen atoms in total. The molecule has 0 spiro atoms. The summed E-state index contributed by atoms with van der Waals surface area (Å²) in [6, 6.07) is 8.29. The number of hydrogen-bond donors (Lipinski definition) is 1. The van der Waals surface area contributed by atoms with E-state index in [1.165, 1.54) is 50.6 Å². The van der Waals surface area contributed by atoms with Crippen molar-refractivity contribution in [2.24, 2.45) is 0 Å². The minimum Gasteiger partial charge on any atom is -1.00 e. The lowest BCUT2D eigenvalue weighted by molar-refractivity contribution is -0.903. The molecular formula is C19H34ClNO. The summed E-state index contributed by atoms with van der Waals surface area (Å²) in [7, 11) is 4.59. The Kier molecular flexibility index (Phi) is 10.8. The van der Waals surface area contributed by atoms with Gasteiger partial charge in [-0.15, -0.1) is 0 Å². The van der Waals surface area contributed by atoms with Gasteiger partial charge in [-0.1, -0.05) is 56.9 Å². The van der Waals surface area contributed by atoms with E-state index in [1.807, 2.05) is 19.1 Å². The molecule has 0 radical (unpaired) electrons. The molecule has 0 aromatic heterocycles. The van der Waals surface area contributed by atoms with Crippen LogP contribution in [-0.2, 0) is 6.54 Å². The van der Waals surface area contributed by atoms with Gasteiger partial charge in [-0.05, 0) is 25.3 Å². The average molecular weight is 328 g/mol. The molecule has 0 bridgehead atoms. The van der Waals surface area contributed by atoms with Gasteiger partial charge in [0.2, 0.25) is 0 Å². The zero-order chi connectivity index (χ0) is 15.7. The Bertz CT molecular complexity index is 404. The van der Waals surface area contributed by atoms with Crippen molar-refractivity contribution in [1.82, 2.24) is 0 Å². The Morgan fingerprint density at radius 2 is 1.59 bits per heavy atom. The third kappa shape index (κ3) is 8.17. The van der Waals surface area contributed by atoms with Crippen LogP contribution in [0.2, 0.25) is 0 Å². The first-order chi connectivity index (χ1) is 9.96. The van der Waals surface area contributed by atoms with E-state index < -0.39 is 0 Å². The predicted octanol–water partition coefficient (Wildman–Crippen LogP) is 1.68. The van der Waals surface area contributed by atoms with Gasteiger partial charge in [-0.3, -0.25) is 0 Å². The summed E-state index contributed by atoms with van der Waals surface area (Å²) in [4.78, 5) is 0. The molecule has 128 valence electrons. The Morgan fingerprint density at radius 3 is 2.23 bits per heavy atom. The van der Waals surface area contributed by atoms with Crippen molar-refractivity contribution in [2.45, 2.75) is 65.0 Å². The van der Waals surface area contributed by atoms with E-state index in [0.29, 0.717) is 0 Å². The molecule has 1 unspecified atom stereocenters. The fraction of sp³-hybridized carbons (Fsp3) is 0.684. The van der Waals surface area contributed by atoms with E-state index in [4.69, 9.17) is 0 Å². The van der Waals surface area contributed by atoms with Gasteiger partial charge >= 0.3 is 0 Å². The fourth-order valence-electron chi connectivity index (χ4n) is 2.95. The minimum atomic E-state index is -0.379. The highest BCUT2D eigenvalue weighted by Gasteiger charge is 2.18. The number of nitrogens with zero attached hydrogens (tertiary/aromatic N) is 1. The number of aliphatic hydroxyl groups is 1. The summed E-state index contributed by atoms with van der Waals surface area (Å²) >= 11 is 0. The number of benzene rings is 1. The van der Waals surface area contributed by atoms with Gasteiger partial charge in [-0.25, -0.2) is 0 Å². The summed E-state index contributed by atoms with van der Waals surface area (Å²) in [5.41, 5.74) is 2.36. The largest absolute Gasteiger partial charge is 1.00 e. The summed E-state index contributed by atoms with van der Waals surface area (Å²) in [5.74, 6) is 0. The number of unbranched alkanes of at least 4 members (excludes halogenated alkanes) is 5. The molecule has 1 aromatic rings. The summed E-state index contributed by atoms with van der Waals surface area (Å²) in [6.45, 7) is 6.32. The van der Waals surface area contributed by atoms with E-state index in [2.05, 4.69) is 33.2 Å². The molecule has 0 aliphatic heterocycles. The second-order valence-electron chi connectivity index (χ2n) is 6.96. The third-order valence-electron chi connectivity index (χ3n) is 4.22. The lowest BCUT2D eigenvalue weighted by Gasteiger charge is -2.31. The molecule has 0 saturated heterocycles. The molecular weight excluding hydrogens is 294 g/mol. The number of halogens is 1. The van der Waals surface area contributed by atoms with Crippen molar-refractivity contribution in [3.63, 3.8) is 0 Å². The summed E-state index contributed by atoms with van der Waals surface area (Å²) < 4.78 is 0.998. The first-order valence-corrected chi connectivity index (χ1v) is 8.54. The molecule has 0 aliphatic carbocycles. The maximum Gasteiger partial charge on any atom is 0.104 e. The second kappa shape index (κ2) is 11.0. The van der Waals surface area contributed by atoms with Crippen LogP contribution in [-0.4, -0.2) is 30.2 Å². The average Bonchev–Trinajstić information content (AvgIpc) is 2.42. The maximum absolute atomic E-state index is 9.89. The Morgan fingerprint density at radius 1 is 1.00 bits per heavy atom. The molecule has 1 N–H and O–H groups in total. The van der Waals surface area contributed by atoms with Gasteiger partial charge in [0.15, 0.2) is 0 Å². The van der Waals surface area contributed by atoms with Gasteiger partial charge in [-0.2, -0.15) is 0 Å². The molecule has 22 heavy (non-hydrogen) atoms. The van der Waals surface area contributed by atoms with E-state index >= 15 is 0 Å². The van der Waals surface area contributed by atoms with Crippen LogP contribution in [0, 0.1) is 0 Å². The van der Waals surface area contributed by atoms with Gasteiger partial charge in [0.1, 0.15) is 6.54 Å². The van der Waals surface area contributed by atoms with Crippen molar-refractivity contribution in [3.05, 3.63) is 35.4 Å². The van der Waals surface area contributed by atoms with Gasteiger partial charge in [0.05, 0.1) is 26.7 Å². The van der Waals surface area contributed by atoms with Gasteiger partial charge in [0.25, 0.3) is 0 Å². The lowest BCUT2D eigenvalue weighted by Crippen LogP contribution is -3.00. The summed E-state index contributed by atoms with van der Waals surface area (Å²) in [6.07, 6.45) is 7.72. The number of quaternary nitrogens is 1. The van der Waals surface area contributed by atoms with Crippen molar-refractivity contribution in [2.75, 3.05) is 20.6 Å². The van der Waals surface area contributed by atoms with Crippen LogP contribution in [0.1, 0.15) is 69.6 Å². The molecule has 1 aromatic carbocycles. The van der Waals surface area contributed by atoms with Crippen LogP contribution < -0.4 is 12.4 Å². The minimum absolute atomic E-state index is 0. The molecule has 0 amide bonds. The third-order valence-corrected chi connectivity index (χ3v) is 4.22. The molecule has 0 fully saturated rings.